The van der Waals surface area contributed by atoms with E-state index < -0.39 is 0 Å². The highest BCUT2D eigenvalue weighted by molar-refractivity contribution is 7.99. The van der Waals surface area contributed by atoms with Crippen molar-refractivity contribution in [3.63, 3.8) is 0 Å². The smallest absolute Gasteiger partial charge is 0.0666 e. The third-order valence-electron chi connectivity index (χ3n) is 3.11. The standard InChI is InChI=1S/C14H21NOS/c15-9-8-14(12-5-2-1-3-6-12)17-11-13-7-4-10-16-13/h1-3,5-6,13-14H,4,7-11,15H2. The molecule has 0 spiro atoms. The van der Waals surface area contributed by atoms with Gasteiger partial charge in [-0.1, -0.05) is 30.3 Å². The lowest BCUT2D eigenvalue weighted by atomic mass is 10.1. The molecule has 0 radical (unpaired) electrons. The van der Waals surface area contributed by atoms with E-state index in [1.54, 1.807) is 0 Å². The molecule has 3 heteroatoms. The van der Waals surface area contributed by atoms with Crippen molar-refractivity contribution < 1.29 is 4.74 Å². The summed E-state index contributed by atoms with van der Waals surface area (Å²) in [4.78, 5) is 0. The second kappa shape index (κ2) is 7.04. The van der Waals surface area contributed by atoms with Gasteiger partial charge in [0, 0.05) is 17.6 Å². The zero-order valence-electron chi connectivity index (χ0n) is 10.2. The second-order valence-electron chi connectivity index (χ2n) is 4.45. The van der Waals surface area contributed by atoms with Crippen molar-refractivity contribution in [3.8, 4) is 0 Å². The molecule has 1 aromatic rings. The maximum atomic E-state index is 5.71. The zero-order chi connectivity index (χ0) is 11.9. The molecule has 0 amide bonds. The normalized spacial score (nSPS) is 21.6. The first-order chi connectivity index (χ1) is 8.40. The van der Waals surface area contributed by atoms with Gasteiger partial charge in [0.1, 0.15) is 0 Å². The molecule has 1 aliphatic heterocycles. The molecule has 2 nitrogen and oxygen atoms in total. The Kier molecular flexibility index (Phi) is 5.36. The van der Waals surface area contributed by atoms with E-state index in [9.17, 15) is 0 Å². The molecule has 94 valence electrons. The lowest BCUT2D eigenvalue weighted by Crippen LogP contribution is -2.11. The number of nitrogens with two attached hydrogens (primary N) is 1. The fourth-order valence-electron chi connectivity index (χ4n) is 2.16. The van der Waals surface area contributed by atoms with Gasteiger partial charge in [-0.15, -0.1) is 0 Å². The number of rotatable bonds is 6. The highest BCUT2D eigenvalue weighted by Crippen LogP contribution is 2.33. The van der Waals surface area contributed by atoms with E-state index in [4.69, 9.17) is 10.5 Å². The van der Waals surface area contributed by atoms with Gasteiger partial charge in [-0.2, -0.15) is 11.8 Å². The van der Waals surface area contributed by atoms with Crippen LogP contribution in [0, 0.1) is 0 Å². The molecule has 1 saturated heterocycles. The van der Waals surface area contributed by atoms with Crippen LogP contribution in [0.5, 0.6) is 0 Å². The van der Waals surface area contributed by atoms with Gasteiger partial charge >= 0.3 is 0 Å². The molecule has 1 heterocycles. The Balaban J connectivity index is 1.88. The summed E-state index contributed by atoms with van der Waals surface area (Å²) in [7, 11) is 0. The fourth-order valence-corrected chi connectivity index (χ4v) is 3.53. The number of hydrogen-bond donors (Lipinski definition) is 1. The van der Waals surface area contributed by atoms with Crippen LogP contribution in [0.4, 0.5) is 0 Å². The fraction of sp³-hybridized carbons (Fsp3) is 0.571. The average molecular weight is 251 g/mol. The summed E-state index contributed by atoms with van der Waals surface area (Å²) < 4.78 is 5.67. The first-order valence-corrected chi connectivity index (χ1v) is 7.43. The summed E-state index contributed by atoms with van der Waals surface area (Å²) in [5.74, 6) is 1.10. The van der Waals surface area contributed by atoms with Gasteiger partial charge in [0.15, 0.2) is 0 Å². The van der Waals surface area contributed by atoms with E-state index in [0.717, 1.165) is 25.3 Å². The van der Waals surface area contributed by atoms with Crippen molar-refractivity contribution in [2.24, 2.45) is 5.73 Å². The van der Waals surface area contributed by atoms with Crippen molar-refractivity contribution in [2.45, 2.75) is 30.6 Å². The summed E-state index contributed by atoms with van der Waals surface area (Å²) in [5, 5.41) is 0.519. The molecular weight excluding hydrogens is 230 g/mol. The molecule has 1 aromatic carbocycles. The summed E-state index contributed by atoms with van der Waals surface area (Å²) in [6, 6.07) is 10.7. The van der Waals surface area contributed by atoms with Crippen molar-refractivity contribution in [3.05, 3.63) is 35.9 Å². The third-order valence-corrected chi connectivity index (χ3v) is 4.58. The van der Waals surface area contributed by atoms with Crippen molar-refractivity contribution in [1.82, 2.24) is 0 Å². The van der Waals surface area contributed by atoms with Gasteiger partial charge < -0.3 is 10.5 Å². The number of benzene rings is 1. The highest BCUT2D eigenvalue weighted by atomic mass is 32.2. The summed E-state index contributed by atoms with van der Waals surface area (Å²) >= 11 is 1.99. The predicted octanol–water partition coefficient (Wildman–Crippen LogP) is 2.99. The number of thioether (sulfide) groups is 1. The van der Waals surface area contributed by atoms with Crippen LogP contribution in [0.2, 0.25) is 0 Å². The third kappa shape index (κ3) is 4.02. The van der Waals surface area contributed by atoms with Crippen LogP contribution in [-0.4, -0.2) is 25.0 Å². The van der Waals surface area contributed by atoms with Crippen LogP contribution in [0.25, 0.3) is 0 Å². The van der Waals surface area contributed by atoms with E-state index in [-0.39, 0.29) is 0 Å². The predicted molar refractivity (Wildman–Crippen MR) is 74.3 cm³/mol. The minimum Gasteiger partial charge on any atom is -0.377 e. The molecule has 2 atom stereocenters. The summed E-state index contributed by atoms with van der Waals surface area (Å²) in [6.45, 7) is 1.69. The van der Waals surface area contributed by atoms with Crippen LogP contribution in [0.1, 0.15) is 30.1 Å². The van der Waals surface area contributed by atoms with E-state index in [2.05, 4.69) is 30.3 Å². The molecule has 1 fully saturated rings. The van der Waals surface area contributed by atoms with E-state index in [1.807, 2.05) is 11.8 Å². The molecule has 0 aromatic heterocycles. The monoisotopic (exact) mass is 251 g/mol. The maximum absolute atomic E-state index is 5.71. The molecule has 0 saturated carbocycles. The lowest BCUT2D eigenvalue weighted by Gasteiger charge is -2.18. The SMILES string of the molecule is NCCC(SCC1CCCO1)c1ccccc1. The van der Waals surface area contributed by atoms with Gasteiger partial charge in [-0.3, -0.25) is 0 Å². The largest absolute Gasteiger partial charge is 0.377 e. The Morgan fingerprint density at radius 1 is 1.35 bits per heavy atom. The second-order valence-corrected chi connectivity index (χ2v) is 5.68. The lowest BCUT2D eigenvalue weighted by molar-refractivity contribution is 0.129. The van der Waals surface area contributed by atoms with E-state index in [0.29, 0.717) is 11.4 Å². The zero-order valence-corrected chi connectivity index (χ0v) is 11.0. The van der Waals surface area contributed by atoms with E-state index in [1.165, 1.54) is 18.4 Å². The van der Waals surface area contributed by atoms with Crippen molar-refractivity contribution in [1.29, 1.82) is 0 Å². The van der Waals surface area contributed by atoms with Crippen LogP contribution < -0.4 is 5.73 Å². The molecule has 2 rings (SSSR count). The van der Waals surface area contributed by atoms with Crippen molar-refractivity contribution >= 4 is 11.8 Å². The summed E-state index contributed by atoms with van der Waals surface area (Å²) in [6.07, 6.45) is 3.94. The van der Waals surface area contributed by atoms with Gasteiger partial charge in [0.25, 0.3) is 0 Å². The Bertz CT molecular complexity index is 311. The first-order valence-electron chi connectivity index (χ1n) is 6.38. The molecule has 0 bridgehead atoms. The average Bonchev–Trinajstić information content (AvgIpc) is 2.88. The van der Waals surface area contributed by atoms with Gasteiger partial charge in [-0.25, -0.2) is 0 Å². The van der Waals surface area contributed by atoms with Gasteiger partial charge in [-0.05, 0) is 31.4 Å². The molecule has 0 aliphatic carbocycles. The first kappa shape index (κ1) is 12.9. The molecule has 2 N–H and O–H groups in total. The molecular formula is C14H21NOS. The van der Waals surface area contributed by atoms with Crippen LogP contribution in [0.15, 0.2) is 30.3 Å². The Hall–Kier alpha value is -0.510. The Labute approximate surface area is 108 Å². The Morgan fingerprint density at radius 2 is 2.18 bits per heavy atom. The summed E-state index contributed by atoms with van der Waals surface area (Å²) in [5.41, 5.74) is 7.10. The topological polar surface area (TPSA) is 35.2 Å². The number of hydrogen-bond acceptors (Lipinski definition) is 3. The highest BCUT2D eigenvalue weighted by Gasteiger charge is 2.18. The van der Waals surface area contributed by atoms with Crippen LogP contribution >= 0.6 is 11.8 Å². The van der Waals surface area contributed by atoms with Gasteiger partial charge in [0.05, 0.1) is 6.10 Å². The number of ether oxygens (including phenoxy) is 1. The quantitative estimate of drug-likeness (QED) is 0.844. The molecule has 2 unspecified atom stereocenters. The minimum absolute atomic E-state index is 0.462. The van der Waals surface area contributed by atoms with Gasteiger partial charge in [0.2, 0.25) is 0 Å². The maximum Gasteiger partial charge on any atom is 0.0666 e. The molecule has 1 aliphatic rings. The van der Waals surface area contributed by atoms with Crippen LogP contribution in [0.3, 0.4) is 0 Å². The Morgan fingerprint density at radius 3 is 2.82 bits per heavy atom. The van der Waals surface area contributed by atoms with Crippen LogP contribution in [-0.2, 0) is 4.74 Å². The minimum atomic E-state index is 0.462. The van der Waals surface area contributed by atoms with Crippen molar-refractivity contribution in [2.75, 3.05) is 18.9 Å². The molecule has 17 heavy (non-hydrogen) atoms. The van der Waals surface area contributed by atoms with E-state index >= 15 is 0 Å².